The van der Waals surface area contributed by atoms with Crippen molar-refractivity contribution < 1.29 is 8.42 Å². The van der Waals surface area contributed by atoms with Gasteiger partial charge in [0.05, 0.1) is 5.02 Å². The number of rotatable bonds is 3. The third-order valence-electron chi connectivity index (χ3n) is 3.52. The SMILES string of the molecule is CC[C@@H]1CCCCN1S(=O)(=O)c1cc(Br)ccc1Cl. The lowest BCUT2D eigenvalue weighted by Crippen LogP contribution is -2.43. The van der Waals surface area contributed by atoms with Gasteiger partial charge in [-0.25, -0.2) is 8.42 Å². The lowest BCUT2D eigenvalue weighted by Gasteiger charge is -2.34. The molecule has 0 saturated carbocycles. The number of sulfonamides is 1. The van der Waals surface area contributed by atoms with E-state index in [2.05, 4.69) is 15.9 Å². The van der Waals surface area contributed by atoms with Gasteiger partial charge in [-0.05, 0) is 37.5 Å². The highest BCUT2D eigenvalue weighted by atomic mass is 79.9. The van der Waals surface area contributed by atoms with E-state index >= 15 is 0 Å². The summed E-state index contributed by atoms with van der Waals surface area (Å²) < 4.78 is 27.8. The molecule has 1 aromatic rings. The molecule has 0 unspecified atom stereocenters. The summed E-state index contributed by atoms with van der Waals surface area (Å²) in [6.45, 7) is 2.62. The van der Waals surface area contributed by atoms with Gasteiger partial charge in [-0.2, -0.15) is 4.31 Å². The summed E-state index contributed by atoms with van der Waals surface area (Å²) in [5.74, 6) is 0. The Balaban J connectivity index is 2.43. The van der Waals surface area contributed by atoms with Crippen LogP contribution in [0.15, 0.2) is 27.6 Å². The van der Waals surface area contributed by atoms with Crippen LogP contribution in [-0.4, -0.2) is 25.3 Å². The molecule has 106 valence electrons. The molecule has 0 bridgehead atoms. The fourth-order valence-electron chi connectivity index (χ4n) is 2.50. The summed E-state index contributed by atoms with van der Waals surface area (Å²) in [6, 6.07) is 5.03. The Bertz CT molecular complexity index is 562. The number of benzene rings is 1. The standard InChI is InChI=1S/C13H17BrClNO2S/c1-2-11-5-3-4-8-16(11)19(17,18)13-9-10(14)6-7-12(13)15/h6-7,9,11H,2-5,8H2,1H3/t11-/m1/s1. The van der Waals surface area contributed by atoms with Crippen LogP contribution in [0.5, 0.6) is 0 Å². The second-order valence-corrected chi connectivity index (χ2v) is 7.93. The number of nitrogens with zero attached hydrogens (tertiary/aromatic N) is 1. The molecule has 1 aromatic carbocycles. The molecule has 1 saturated heterocycles. The minimum absolute atomic E-state index is 0.0915. The molecule has 1 aliphatic heterocycles. The highest BCUT2D eigenvalue weighted by Crippen LogP contribution is 2.32. The van der Waals surface area contributed by atoms with Crippen LogP contribution in [-0.2, 0) is 10.0 Å². The van der Waals surface area contributed by atoms with Crippen molar-refractivity contribution in [2.45, 2.75) is 43.5 Å². The third kappa shape index (κ3) is 3.15. The molecule has 0 aromatic heterocycles. The zero-order chi connectivity index (χ0) is 14.0. The Morgan fingerprint density at radius 3 is 2.84 bits per heavy atom. The number of piperidine rings is 1. The van der Waals surface area contributed by atoms with Gasteiger partial charge in [-0.15, -0.1) is 0 Å². The molecule has 1 atom stereocenters. The predicted octanol–water partition coefficient (Wildman–Crippen LogP) is 4.06. The van der Waals surface area contributed by atoms with Crippen molar-refractivity contribution in [1.82, 2.24) is 4.31 Å². The zero-order valence-electron chi connectivity index (χ0n) is 10.8. The first kappa shape index (κ1) is 15.3. The van der Waals surface area contributed by atoms with Crippen LogP contribution >= 0.6 is 27.5 Å². The van der Waals surface area contributed by atoms with Crippen molar-refractivity contribution >= 4 is 37.6 Å². The van der Waals surface area contributed by atoms with E-state index in [-0.39, 0.29) is 16.0 Å². The smallest absolute Gasteiger partial charge is 0.207 e. The predicted molar refractivity (Wildman–Crippen MR) is 81.0 cm³/mol. The summed E-state index contributed by atoms with van der Waals surface area (Å²) in [4.78, 5) is 0.198. The average molecular weight is 367 g/mol. The third-order valence-corrected chi connectivity index (χ3v) is 6.45. The first-order valence-electron chi connectivity index (χ1n) is 6.43. The molecule has 1 aliphatic rings. The van der Waals surface area contributed by atoms with Gasteiger partial charge in [0.25, 0.3) is 0 Å². The van der Waals surface area contributed by atoms with E-state index in [1.54, 1.807) is 22.5 Å². The lowest BCUT2D eigenvalue weighted by atomic mass is 10.0. The van der Waals surface area contributed by atoms with Gasteiger partial charge in [-0.3, -0.25) is 0 Å². The first-order chi connectivity index (χ1) is 8.96. The van der Waals surface area contributed by atoms with Gasteiger partial charge in [0.15, 0.2) is 0 Å². The van der Waals surface area contributed by atoms with Gasteiger partial charge < -0.3 is 0 Å². The van der Waals surface area contributed by atoms with Crippen LogP contribution in [0.25, 0.3) is 0 Å². The van der Waals surface area contributed by atoms with E-state index in [4.69, 9.17) is 11.6 Å². The van der Waals surface area contributed by atoms with Crippen molar-refractivity contribution in [3.63, 3.8) is 0 Å². The van der Waals surface area contributed by atoms with Crippen molar-refractivity contribution in [1.29, 1.82) is 0 Å². The fourth-order valence-corrected chi connectivity index (χ4v) is 5.28. The molecule has 6 heteroatoms. The normalized spacial score (nSPS) is 21.5. The van der Waals surface area contributed by atoms with Crippen molar-refractivity contribution in [2.75, 3.05) is 6.54 Å². The van der Waals surface area contributed by atoms with Crippen molar-refractivity contribution in [2.24, 2.45) is 0 Å². The number of hydrogen-bond acceptors (Lipinski definition) is 2. The van der Waals surface area contributed by atoms with E-state index in [1.165, 1.54) is 0 Å². The maximum atomic E-state index is 12.8. The number of hydrogen-bond donors (Lipinski definition) is 0. The van der Waals surface area contributed by atoms with Gasteiger partial charge >= 0.3 is 0 Å². The van der Waals surface area contributed by atoms with E-state index in [9.17, 15) is 8.42 Å². The molecule has 2 rings (SSSR count). The Hall–Kier alpha value is -0.100. The minimum atomic E-state index is -3.51. The van der Waals surface area contributed by atoms with E-state index in [0.29, 0.717) is 6.54 Å². The summed E-state index contributed by atoms with van der Waals surface area (Å²) in [5.41, 5.74) is 0. The monoisotopic (exact) mass is 365 g/mol. The maximum Gasteiger partial charge on any atom is 0.244 e. The highest BCUT2D eigenvalue weighted by Gasteiger charge is 2.33. The molecule has 19 heavy (non-hydrogen) atoms. The maximum absolute atomic E-state index is 12.8. The van der Waals surface area contributed by atoms with E-state index in [1.807, 2.05) is 6.92 Å². The van der Waals surface area contributed by atoms with E-state index in [0.717, 1.165) is 30.2 Å². The molecule has 3 nitrogen and oxygen atoms in total. The van der Waals surface area contributed by atoms with Gasteiger partial charge in [-0.1, -0.05) is 40.9 Å². The molecular formula is C13H17BrClNO2S. The average Bonchev–Trinajstić information content (AvgIpc) is 2.41. The van der Waals surface area contributed by atoms with Crippen LogP contribution in [0.3, 0.4) is 0 Å². The fraction of sp³-hybridized carbons (Fsp3) is 0.538. The summed E-state index contributed by atoms with van der Waals surface area (Å²) >= 11 is 9.37. The Morgan fingerprint density at radius 2 is 2.16 bits per heavy atom. The summed E-state index contributed by atoms with van der Waals surface area (Å²) in [6.07, 6.45) is 3.78. The van der Waals surface area contributed by atoms with Crippen LogP contribution < -0.4 is 0 Å². The summed E-state index contributed by atoms with van der Waals surface area (Å²) in [7, 11) is -3.51. The summed E-state index contributed by atoms with van der Waals surface area (Å²) in [5, 5.41) is 0.281. The Morgan fingerprint density at radius 1 is 1.42 bits per heavy atom. The van der Waals surface area contributed by atoms with Gasteiger partial charge in [0, 0.05) is 17.1 Å². The lowest BCUT2D eigenvalue weighted by molar-refractivity contribution is 0.246. The van der Waals surface area contributed by atoms with E-state index < -0.39 is 10.0 Å². The first-order valence-corrected chi connectivity index (χ1v) is 9.05. The molecule has 0 N–H and O–H groups in total. The molecule has 0 spiro atoms. The van der Waals surface area contributed by atoms with Crippen molar-refractivity contribution in [3.05, 3.63) is 27.7 Å². The quantitative estimate of drug-likeness (QED) is 0.809. The molecule has 1 fully saturated rings. The zero-order valence-corrected chi connectivity index (χ0v) is 13.9. The molecule has 0 radical (unpaired) electrons. The minimum Gasteiger partial charge on any atom is -0.207 e. The Labute approximate surface area is 128 Å². The van der Waals surface area contributed by atoms with Crippen molar-refractivity contribution in [3.8, 4) is 0 Å². The van der Waals surface area contributed by atoms with Crippen LogP contribution in [0, 0.1) is 0 Å². The second kappa shape index (κ2) is 6.12. The van der Waals surface area contributed by atoms with Crippen LogP contribution in [0.4, 0.5) is 0 Å². The highest BCUT2D eigenvalue weighted by molar-refractivity contribution is 9.10. The van der Waals surface area contributed by atoms with Crippen LogP contribution in [0.1, 0.15) is 32.6 Å². The second-order valence-electron chi connectivity index (χ2n) is 4.75. The van der Waals surface area contributed by atoms with Crippen LogP contribution in [0.2, 0.25) is 5.02 Å². The van der Waals surface area contributed by atoms with Gasteiger partial charge in [0.1, 0.15) is 4.90 Å². The number of halogens is 2. The molecule has 0 aliphatic carbocycles. The molecule has 1 heterocycles. The largest absolute Gasteiger partial charge is 0.244 e. The molecular weight excluding hydrogens is 350 g/mol. The van der Waals surface area contributed by atoms with Gasteiger partial charge in [0.2, 0.25) is 10.0 Å². The topological polar surface area (TPSA) is 37.4 Å². The Kier molecular flexibility index (Phi) is 4.93. The molecule has 0 amide bonds.